The predicted molar refractivity (Wildman–Crippen MR) is 135 cm³/mol. The number of carbonyl (C=O) groups is 2. The van der Waals surface area contributed by atoms with E-state index in [1.807, 2.05) is 13.0 Å². The molecule has 0 bridgehead atoms. The van der Waals surface area contributed by atoms with Crippen molar-refractivity contribution in [3.8, 4) is 16.9 Å². The molecule has 2 N–H and O–H groups in total. The number of rotatable bonds is 6. The second kappa shape index (κ2) is 9.91. The number of nitrogens with zero attached hydrogens (tertiary/aromatic N) is 3. The van der Waals surface area contributed by atoms with Crippen LogP contribution in [-0.4, -0.2) is 39.9 Å². The number of aryl methyl sites for hydroxylation is 2. The number of hydrogen-bond donors (Lipinski definition) is 2. The van der Waals surface area contributed by atoms with E-state index in [0.717, 1.165) is 41.9 Å². The summed E-state index contributed by atoms with van der Waals surface area (Å²) in [4.78, 5) is 40.0. The molecular weight excluding hydrogens is 486 g/mol. The fourth-order valence-electron chi connectivity index (χ4n) is 4.44. The lowest BCUT2D eigenvalue weighted by atomic mass is 9.88. The van der Waals surface area contributed by atoms with Crippen LogP contribution in [0, 0.1) is 12.8 Å². The largest absolute Gasteiger partial charge is 0.494 e. The fourth-order valence-corrected chi connectivity index (χ4v) is 5.68. The average Bonchev–Trinajstić information content (AvgIpc) is 3.22. The van der Waals surface area contributed by atoms with Gasteiger partial charge in [-0.2, -0.15) is 0 Å². The van der Waals surface area contributed by atoms with Gasteiger partial charge in [-0.1, -0.05) is 11.6 Å². The van der Waals surface area contributed by atoms with Crippen molar-refractivity contribution >= 4 is 39.9 Å². The lowest BCUT2D eigenvalue weighted by molar-refractivity contribution is -0.126. The second-order valence-electron chi connectivity index (χ2n) is 9.00. The van der Waals surface area contributed by atoms with Crippen LogP contribution in [0.3, 0.4) is 0 Å². The molecule has 3 aromatic heterocycles. The maximum atomic E-state index is 13.3. The number of carbonyl (C=O) groups excluding carboxylic acids is 2. The molecule has 0 saturated heterocycles. The molecule has 8 nitrogen and oxygen atoms in total. The lowest BCUT2D eigenvalue weighted by Gasteiger charge is -2.29. The molecule has 1 unspecified atom stereocenters. The number of aromatic nitrogens is 3. The monoisotopic (exact) mass is 511 g/mol. The van der Waals surface area contributed by atoms with Crippen LogP contribution in [0.4, 0.5) is 5.13 Å². The highest BCUT2D eigenvalue weighted by atomic mass is 35.5. The van der Waals surface area contributed by atoms with Gasteiger partial charge < -0.3 is 10.1 Å². The van der Waals surface area contributed by atoms with Crippen molar-refractivity contribution < 1.29 is 14.3 Å². The van der Waals surface area contributed by atoms with Crippen molar-refractivity contribution in [2.75, 3.05) is 12.4 Å². The van der Waals surface area contributed by atoms with E-state index in [-0.39, 0.29) is 17.7 Å². The van der Waals surface area contributed by atoms with Crippen molar-refractivity contribution in [3.05, 3.63) is 51.5 Å². The Morgan fingerprint density at radius 2 is 1.97 bits per heavy atom. The maximum Gasteiger partial charge on any atom is 0.259 e. The number of ether oxygens (including phenoxy) is 1. The van der Waals surface area contributed by atoms with Gasteiger partial charge in [0.05, 0.1) is 24.6 Å². The van der Waals surface area contributed by atoms with Crippen molar-refractivity contribution in [3.63, 3.8) is 0 Å². The zero-order chi connectivity index (χ0) is 24.5. The molecular formula is C25H26ClN5O3S. The minimum Gasteiger partial charge on any atom is -0.494 e. The molecule has 3 heterocycles. The molecule has 10 heteroatoms. The molecule has 2 amide bonds. The van der Waals surface area contributed by atoms with Crippen molar-refractivity contribution in [1.82, 2.24) is 20.3 Å². The number of amides is 2. The van der Waals surface area contributed by atoms with Crippen LogP contribution in [0.5, 0.6) is 5.75 Å². The van der Waals surface area contributed by atoms with Gasteiger partial charge >= 0.3 is 0 Å². The van der Waals surface area contributed by atoms with Gasteiger partial charge in [-0.05, 0) is 57.6 Å². The number of hydrogen-bond acceptors (Lipinski definition) is 7. The first-order valence-electron chi connectivity index (χ1n) is 11.7. The van der Waals surface area contributed by atoms with Gasteiger partial charge in [0.2, 0.25) is 5.91 Å². The average molecular weight is 512 g/mol. The Bertz CT molecular complexity index is 1290. The highest BCUT2D eigenvalue weighted by Gasteiger charge is 2.30. The van der Waals surface area contributed by atoms with E-state index >= 15 is 0 Å². The van der Waals surface area contributed by atoms with Gasteiger partial charge in [-0.25, -0.2) is 9.97 Å². The first-order valence-corrected chi connectivity index (χ1v) is 12.9. The Morgan fingerprint density at radius 3 is 2.71 bits per heavy atom. The molecule has 0 spiro atoms. The molecule has 5 rings (SSSR count). The summed E-state index contributed by atoms with van der Waals surface area (Å²) in [5, 5.41) is 6.91. The minimum atomic E-state index is -0.326. The molecule has 2 aliphatic rings. The summed E-state index contributed by atoms with van der Waals surface area (Å²) in [6, 6.07) is 3.83. The number of anilines is 1. The smallest absolute Gasteiger partial charge is 0.259 e. The fraction of sp³-hybridized carbons (Fsp3) is 0.400. The van der Waals surface area contributed by atoms with E-state index < -0.39 is 0 Å². The van der Waals surface area contributed by atoms with Crippen LogP contribution in [0.25, 0.3) is 11.1 Å². The Kier molecular flexibility index (Phi) is 6.71. The summed E-state index contributed by atoms with van der Waals surface area (Å²) in [5.74, 6) is 0.279. The summed E-state index contributed by atoms with van der Waals surface area (Å²) >= 11 is 7.57. The Labute approximate surface area is 212 Å². The van der Waals surface area contributed by atoms with E-state index in [4.69, 9.17) is 16.3 Å². The van der Waals surface area contributed by atoms with Gasteiger partial charge in [-0.15, -0.1) is 11.3 Å². The van der Waals surface area contributed by atoms with Crippen LogP contribution >= 0.6 is 22.9 Å². The third kappa shape index (κ3) is 5.01. The number of nitrogens with one attached hydrogen (secondary N) is 2. The van der Waals surface area contributed by atoms with Gasteiger partial charge in [0.15, 0.2) is 5.13 Å². The molecule has 1 saturated carbocycles. The van der Waals surface area contributed by atoms with Crippen LogP contribution in [0.2, 0.25) is 5.15 Å². The topological polar surface area (TPSA) is 106 Å². The molecule has 0 aliphatic heterocycles. The maximum absolute atomic E-state index is 13.3. The number of fused-ring (bicyclic) bond motifs is 1. The van der Waals surface area contributed by atoms with Crippen LogP contribution in [0.15, 0.2) is 24.5 Å². The van der Waals surface area contributed by atoms with E-state index in [1.54, 1.807) is 19.4 Å². The van der Waals surface area contributed by atoms with Crippen LogP contribution in [0.1, 0.15) is 52.3 Å². The van der Waals surface area contributed by atoms with Crippen molar-refractivity contribution in [2.24, 2.45) is 5.92 Å². The van der Waals surface area contributed by atoms with Crippen LogP contribution < -0.4 is 15.4 Å². The third-order valence-electron chi connectivity index (χ3n) is 6.61. The molecule has 2 aliphatic carbocycles. The number of thiazole rings is 1. The van der Waals surface area contributed by atoms with Gasteiger partial charge in [0.1, 0.15) is 10.9 Å². The van der Waals surface area contributed by atoms with Gasteiger partial charge in [-0.3, -0.25) is 19.9 Å². The minimum absolute atomic E-state index is 0.0380. The summed E-state index contributed by atoms with van der Waals surface area (Å²) in [5.41, 5.74) is 3.39. The molecule has 0 radical (unpaired) electrons. The first-order chi connectivity index (χ1) is 16.9. The zero-order valence-electron chi connectivity index (χ0n) is 19.6. The first kappa shape index (κ1) is 23.7. The van der Waals surface area contributed by atoms with Crippen LogP contribution in [-0.2, 0) is 17.6 Å². The molecule has 0 aromatic carbocycles. The van der Waals surface area contributed by atoms with E-state index in [0.29, 0.717) is 45.2 Å². The molecule has 1 fully saturated rings. The predicted octanol–water partition coefficient (Wildman–Crippen LogP) is 4.60. The van der Waals surface area contributed by atoms with E-state index in [9.17, 15) is 9.59 Å². The third-order valence-corrected chi connectivity index (χ3v) is 7.85. The highest BCUT2D eigenvalue weighted by molar-refractivity contribution is 7.15. The summed E-state index contributed by atoms with van der Waals surface area (Å²) in [7, 11) is 1.54. The summed E-state index contributed by atoms with van der Waals surface area (Å²) in [6.07, 6.45) is 8.58. The summed E-state index contributed by atoms with van der Waals surface area (Å²) in [6.45, 7) is 1.85. The van der Waals surface area contributed by atoms with Crippen molar-refractivity contribution in [1.29, 1.82) is 0 Å². The van der Waals surface area contributed by atoms with Gasteiger partial charge in [0.25, 0.3) is 5.91 Å². The number of methoxy groups -OCH3 is 1. The SMILES string of the molecule is COc1cnc(Cl)cc1-c1cc(C)ncc1C(=O)Nc1nc2c(s1)CC(C(=O)NC1CCC1)CC2. The molecule has 182 valence electrons. The number of pyridine rings is 2. The standard InChI is InChI=1S/C25H26ClN5O3S/c1-13-8-16(17-10-22(26)28-12-20(17)34-2)18(11-27-13)24(33)31-25-30-19-7-6-14(9-21(19)35-25)23(32)29-15-4-3-5-15/h8,10-12,14-15H,3-7,9H2,1-2H3,(H,29,32)(H,30,31,33). The van der Waals surface area contributed by atoms with E-state index in [1.165, 1.54) is 24.0 Å². The Hall–Kier alpha value is -3.04. The zero-order valence-corrected chi connectivity index (χ0v) is 21.1. The van der Waals surface area contributed by atoms with Crippen molar-refractivity contribution in [2.45, 2.75) is 51.5 Å². The van der Waals surface area contributed by atoms with E-state index in [2.05, 4.69) is 25.6 Å². The molecule has 1 atom stereocenters. The highest BCUT2D eigenvalue weighted by Crippen LogP contribution is 2.36. The quantitative estimate of drug-likeness (QED) is 0.468. The van der Waals surface area contributed by atoms with Gasteiger partial charge in [0, 0.05) is 39.9 Å². The second-order valence-corrected chi connectivity index (χ2v) is 10.5. The molecule has 3 aromatic rings. The number of halogens is 1. The molecule has 35 heavy (non-hydrogen) atoms. The Morgan fingerprint density at radius 1 is 1.14 bits per heavy atom. The normalized spacial score (nSPS) is 17.3. The Balaban J connectivity index is 1.35. The summed E-state index contributed by atoms with van der Waals surface area (Å²) < 4.78 is 5.45. The lowest BCUT2D eigenvalue weighted by Crippen LogP contribution is -2.43.